The number of aromatic nitrogens is 3. The fourth-order valence-corrected chi connectivity index (χ4v) is 2.69. The van der Waals surface area contributed by atoms with Gasteiger partial charge in [-0.1, -0.05) is 17.3 Å². The van der Waals surface area contributed by atoms with Crippen LogP contribution >= 0.6 is 0 Å². The number of nitrogens with one attached hydrogen (secondary N) is 2. The van der Waals surface area contributed by atoms with Crippen molar-refractivity contribution in [1.29, 1.82) is 0 Å². The molecule has 0 spiro atoms. The van der Waals surface area contributed by atoms with E-state index in [1.165, 1.54) is 18.2 Å². The summed E-state index contributed by atoms with van der Waals surface area (Å²) in [7, 11) is -4.48. The van der Waals surface area contributed by atoms with Crippen LogP contribution in [0.3, 0.4) is 0 Å². The summed E-state index contributed by atoms with van der Waals surface area (Å²) in [4.78, 5) is 11.8. The van der Waals surface area contributed by atoms with Crippen molar-refractivity contribution >= 4 is 32.7 Å². The van der Waals surface area contributed by atoms with E-state index in [4.69, 9.17) is 4.55 Å². The van der Waals surface area contributed by atoms with Crippen molar-refractivity contribution in [2.45, 2.75) is 4.90 Å². The molecule has 0 atom stereocenters. The quantitative estimate of drug-likeness (QED) is 0.628. The first-order valence-electron chi connectivity index (χ1n) is 6.14. The number of anilines is 1. The minimum Gasteiger partial charge on any atom is -0.322 e. The number of carbonyl (C=O) groups excluding carboxylic acids is 1. The van der Waals surface area contributed by atoms with Gasteiger partial charge in [-0.15, -0.1) is 5.10 Å². The van der Waals surface area contributed by atoms with E-state index in [0.717, 1.165) is 6.07 Å². The normalized spacial score (nSPS) is 11.5. The van der Waals surface area contributed by atoms with Gasteiger partial charge in [-0.3, -0.25) is 14.4 Å². The average molecular weight is 318 g/mol. The molecular weight excluding hydrogens is 308 g/mol. The molecule has 0 saturated carbocycles. The summed E-state index contributed by atoms with van der Waals surface area (Å²) in [6, 6.07) is 10.3. The number of nitrogens with zero attached hydrogens (tertiary/aromatic N) is 2. The van der Waals surface area contributed by atoms with Gasteiger partial charge < -0.3 is 5.32 Å². The molecule has 0 radical (unpaired) electrons. The Morgan fingerprint density at radius 1 is 1.18 bits per heavy atom. The van der Waals surface area contributed by atoms with Crippen molar-refractivity contribution in [3.63, 3.8) is 0 Å². The Labute approximate surface area is 124 Å². The standard InChI is InChI=1S/C13H10N4O4S/c18-13(9-3-1-2-4-12(9)22(19,20)21)14-8-5-6-10-11(7-8)16-17-15-10/h1-7H,(H,14,18)(H,15,16,17)(H,19,20,21). The van der Waals surface area contributed by atoms with E-state index in [2.05, 4.69) is 20.7 Å². The van der Waals surface area contributed by atoms with Crippen molar-refractivity contribution in [2.75, 3.05) is 5.32 Å². The maximum atomic E-state index is 12.2. The highest BCUT2D eigenvalue weighted by atomic mass is 32.2. The van der Waals surface area contributed by atoms with Gasteiger partial charge in [-0.05, 0) is 30.3 Å². The summed E-state index contributed by atoms with van der Waals surface area (Å²) in [5, 5.41) is 12.7. The molecule has 0 fully saturated rings. The van der Waals surface area contributed by atoms with Crippen molar-refractivity contribution in [2.24, 2.45) is 0 Å². The van der Waals surface area contributed by atoms with Gasteiger partial charge in [0.2, 0.25) is 0 Å². The van der Waals surface area contributed by atoms with Gasteiger partial charge in [0.15, 0.2) is 0 Å². The Bertz CT molecular complexity index is 965. The maximum Gasteiger partial charge on any atom is 0.295 e. The molecule has 0 unspecified atom stereocenters. The first kappa shape index (κ1) is 14.2. The Morgan fingerprint density at radius 2 is 1.95 bits per heavy atom. The van der Waals surface area contributed by atoms with Crippen LogP contribution in [0.4, 0.5) is 5.69 Å². The number of rotatable bonds is 3. The first-order chi connectivity index (χ1) is 10.4. The summed E-state index contributed by atoms with van der Waals surface area (Å²) in [6.07, 6.45) is 0. The van der Waals surface area contributed by atoms with Crippen LogP contribution in [-0.4, -0.2) is 34.3 Å². The monoisotopic (exact) mass is 318 g/mol. The van der Waals surface area contributed by atoms with Crippen LogP contribution in [0.1, 0.15) is 10.4 Å². The molecule has 22 heavy (non-hydrogen) atoms. The fraction of sp³-hybridized carbons (Fsp3) is 0. The van der Waals surface area contributed by atoms with Crippen LogP contribution in [0, 0.1) is 0 Å². The van der Waals surface area contributed by atoms with Gasteiger partial charge in [0.05, 0.1) is 11.1 Å². The number of amides is 1. The fourth-order valence-electron chi connectivity index (χ4n) is 2.00. The molecule has 2 aromatic carbocycles. The minimum atomic E-state index is -4.48. The van der Waals surface area contributed by atoms with Crippen molar-refractivity contribution < 1.29 is 17.8 Å². The second-order valence-corrected chi connectivity index (χ2v) is 5.86. The lowest BCUT2D eigenvalue weighted by molar-refractivity contribution is 0.102. The summed E-state index contributed by atoms with van der Waals surface area (Å²) >= 11 is 0. The van der Waals surface area contributed by atoms with Crippen molar-refractivity contribution in [1.82, 2.24) is 15.4 Å². The minimum absolute atomic E-state index is 0.146. The number of H-pyrrole nitrogens is 1. The van der Waals surface area contributed by atoms with Crippen LogP contribution in [-0.2, 0) is 10.1 Å². The summed E-state index contributed by atoms with van der Waals surface area (Å²) in [5.74, 6) is -0.653. The number of hydrogen-bond acceptors (Lipinski definition) is 5. The molecule has 1 amide bonds. The predicted molar refractivity (Wildman–Crippen MR) is 78.1 cm³/mol. The third kappa shape index (κ3) is 2.67. The Balaban J connectivity index is 1.95. The molecule has 0 bridgehead atoms. The zero-order chi connectivity index (χ0) is 15.7. The van der Waals surface area contributed by atoms with Crippen LogP contribution in [0.25, 0.3) is 11.0 Å². The van der Waals surface area contributed by atoms with Crippen LogP contribution in [0.2, 0.25) is 0 Å². The summed E-state index contributed by atoms with van der Waals surface area (Å²) < 4.78 is 31.8. The van der Waals surface area contributed by atoms with Crippen LogP contribution in [0.15, 0.2) is 47.4 Å². The predicted octanol–water partition coefficient (Wildman–Crippen LogP) is 1.46. The molecule has 3 rings (SSSR count). The highest BCUT2D eigenvalue weighted by Gasteiger charge is 2.19. The molecular formula is C13H10N4O4S. The number of hydrogen-bond donors (Lipinski definition) is 3. The third-order valence-corrected chi connectivity index (χ3v) is 3.90. The van der Waals surface area contributed by atoms with E-state index in [1.807, 2.05) is 0 Å². The van der Waals surface area contributed by atoms with Gasteiger partial charge >= 0.3 is 0 Å². The van der Waals surface area contributed by atoms with Gasteiger partial charge in [0.1, 0.15) is 10.4 Å². The Kier molecular flexibility index (Phi) is 3.35. The van der Waals surface area contributed by atoms with Crippen LogP contribution < -0.4 is 5.32 Å². The lowest BCUT2D eigenvalue weighted by Crippen LogP contribution is -2.16. The maximum absolute atomic E-state index is 12.2. The highest BCUT2D eigenvalue weighted by molar-refractivity contribution is 7.86. The highest BCUT2D eigenvalue weighted by Crippen LogP contribution is 2.19. The molecule has 3 N–H and O–H groups in total. The van der Waals surface area contributed by atoms with E-state index in [9.17, 15) is 13.2 Å². The van der Waals surface area contributed by atoms with Crippen LogP contribution in [0.5, 0.6) is 0 Å². The summed E-state index contributed by atoms with van der Waals surface area (Å²) in [5.41, 5.74) is 1.55. The molecule has 112 valence electrons. The lowest BCUT2D eigenvalue weighted by Gasteiger charge is -2.08. The molecule has 8 nitrogen and oxygen atoms in total. The molecule has 0 aliphatic rings. The molecule has 1 heterocycles. The second kappa shape index (κ2) is 5.20. The zero-order valence-corrected chi connectivity index (χ0v) is 11.8. The molecule has 0 aliphatic carbocycles. The van der Waals surface area contributed by atoms with Gasteiger partial charge in [-0.25, -0.2) is 0 Å². The molecule has 3 aromatic rings. The topological polar surface area (TPSA) is 125 Å². The third-order valence-electron chi connectivity index (χ3n) is 2.99. The average Bonchev–Trinajstić information content (AvgIpc) is 2.94. The number of fused-ring (bicyclic) bond motifs is 1. The number of carbonyl (C=O) groups is 1. The number of benzene rings is 2. The smallest absolute Gasteiger partial charge is 0.295 e. The largest absolute Gasteiger partial charge is 0.322 e. The van der Waals surface area contributed by atoms with Crippen molar-refractivity contribution in [3.8, 4) is 0 Å². The molecule has 1 aromatic heterocycles. The molecule has 0 saturated heterocycles. The molecule has 9 heteroatoms. The second-order valence-electron chi connectivity index (χ2n) is 4.47. The Hall–Kier alpha value is -2.78. The van der Waals surface area contributed by atoms with E-state index >= 15 is 0 Å². The van der Waals surface area contributed by atoms with Gasteiger partial charge in [0, 0.05) is 5.69 Å². The lowest BCUT2D eigenvalue weighted by atomic mass is 10.2. The SMILES string of the molecule is O=C(Nc1ccc2nn[nH]c2c1)c1ccccc1S(=O)(=O)O. The van der Waals surface area contributed by atoms with Gasteiger partial charge in [-0.2, -0.15) is 8.42 Å². The van der Waals surface area contributed by atoms with E-state index in [-0.39, 0.29) is 5.56 Å². The van der Waals surface area contributed by atoms with Crippen molar-refractivity contribution in [3.05, 3.63) is 48.0 Å². The Morgan fingerprint density at radius 3 is 2.73 bits per heavy atom. The number of aromatic amines is 1. The zero-order valence-electron chi connectivity index (χ0n) is 11.0. The molecule has 0 aliphatic heterocycles. The van der Waals surface area contributed by atoms with E-state index in [1.54, 1.807) is 18.2 Å². The first-order valence-corrected chi connectivity index (χ1v) is 7.58. The van der Waals surface area contributed by atoms with E-state index < -0.39 is 20.9 Å². The van der Waals surface area contributed by atoms with Gasteiger partial charge in [0.25, 0.3) is 16.0 Å². The van der Waals surface area contributed by atoms with E-state index in [0.29, 0.717) is 16.7 Å². The summed E-state index contributed by atoms with van der Waals surface area (Å²) in [6.45, 7) is 0.